The molecule has 0 saturated carbocycles. The fourth-order valence-corrected chi connectivity index (χ4v) is 1.60. The van der Waals surface area contributed by atoms with Gasteiger partial charge in [-0.15, -0.1) is 0 Å². The van der Waals surface area contributed by atoms with Gasteiger partial charge in [-0.25, -0.2) is 4.39 Å². The topological polar surface area (TPSA) is 38.5 Å². The van der Waals surface area contributed by atoms with E-state index < -0.39 is 12.7 Å². The molecule has 0 bridgehead atoms. The van der Waals surface area contributed by atoms with E-state index >= 15 is 0 Å². The molecule has 0 fully saturated rings. The summed E-state index contributed by atoms with van der Waals surface area (Å²) in [5.74, 6) is 0. The van der Waals surface area contributed by atoms with Gasteiger partial charge in [0.15, 0.2) is 0 Å². The largest absolute Gasteiger partial charge is 0.378 e. The molecule has 2 unspecified atom stereocenters. The molecule has 0 amide bonds. The zero-order chi connectivity index (χ0) is 12.1. The molecule has 16 heavy (non-hydrogen) atoms. The molecule has 0 aliphatic carbocycles. The third-order valence-corrected chi connectivity index (χ3v) is 2.56. The lowest BCUT2D eigenvalue weighted by Crippen LogP contribution is -2.31. The second kappa shape index (κ2) is 5.82. The number of hydrogen-bond donors (Lipinski definition) is 1. The van der Waals surface area contributed by atoms with Crippen LogP contribution in [0.25, 0.3) is 0 Å². The minimum Gasteiger partial charge on any atom is -0.378 e. The summed E-state index contributed by atoms with van der Waals surface area (Å²) in [5, 5.41) is 0. The average Bonchev–Trinajstić information content (AvgIpc) is 2.30. The van der Waals surface area contributed by atoms with Gasteiger partial charge in [0, 0.05) is 26.9 Å². The van der Waals surface area contributed by atoms with Gasteiger partial charge in [0.1, 0.15) is 6.67 Å². The van der Waals surface area contributed by atoms with E-state index in [-0.39, 0.29) is 6.10 Å². The zero-order valence-corrected chi connectivity index (χ0v) is 9.98. The van der Waals surface area contributed by atoms with Gasteiger partial charge in [-0.3, -0.25) is 0 Å². The van der Waals surface area contributed by atoms with E-state index in [4.69, 9.17) is 10.5 Å². The van der Waals surface area contributed by atoms with Gasteiger partial charge in [-0.2, -0.15) is 0 Å². The van der Waals surface area contributed by atoms with Crippen LogP contribution in [0.2, 0.25) is 0 Å². The van der Waals surface area contributed by atoms with Crippen LogP contribution in [0.1, 0.15) is 11.7 Å². The molecule has 2 atom stereocenters. The van der Waals surface area contributed by atoms with Crippen LogP contribution in [-0.4, -0.2) is 33.9 Å². The molecule has 0 radical (unpaired) electrons. The number of methoxy groups -OCH3 is 1. The average molecular weight is 226 g/mol. The number of halogens is 1. The lowest BCUT2D eigenvalue weighted by atomic mass is 10.0. The Morgan fingerprint density at radius 2 is 1.88 bits per heavy atom. The van der Waals surface area contributed by atoms with Crippen molar-refractivity contribution in [1.82, 2.24) is 0 Å². The highest BCUT2D eigenvalue weighted by Gasteiger charge is 2.19. The van der Waals surface area contributed by atoms with Crippen molar-refractivity contribution >= 4 is 5.69 Å². The summed E-state index contributed by atoms with van der Waals surface area (Å²) < 4.78 is 17.7. The van der Waals surface area contributed by atoms with Crippen molar-refractivity contribution in [2.75, 3.05) is 32.8 Å². The number of hydrogen-bond acceptors (Lipinski definition) is 3. The van der Waals surface area contributed by atoms with Crippen LogP contribution in [-0.2, 0) is 4.74 Å². The predicted octanol–water partition coefficient (Wildman–Crippen LogP) is 1.74. The van der Waals surface area contributed by atoms with Crippen molar-refractivity contribution in [3.8, 4) is 0 Å². The molecule has 1 rings (SSSR count). The maximum atomic E-state index is 12.5. The maximum Gasteiger partial charge on any atom is 0.107 e. The van der Waals surface area contributed by atoms with Crippen LogP contribution < -0.4 is 10.6 Å². The molecule has 1 aromatic rings. The highest BCUT2D eigenvalue weighted by Crippen LogP contribution is 2.22. The number of benzene rings is 1. The molecule has 0 aromatic heterocycles. The van der Waals surface area contributed by atoms with Crippen molar-refractivity contribution in [3.63, 3.8) is 0 Å². The minimum atomic E-state index is -0.616. The van der Waals surface area contributed by atoms with Crippen LogP contribution in [0.15, 0.2) is 24.3 Å². The number of anilines is 1. The summed E-state index contributed by atoms with van der Waals surface area (Å²) in [4.78, 5) is 2.00. The number of ether oxygens (including phenoxy) is 1. The van der Waals surface area contributed by atoms with Crippen molar-refractivity contribution in [3.05, 3.63) is 29.8 Å². The van der Waals surface area contributed by atoms with E-state index in [1.165, 1.54) is 0 Å². The summed E-state index contributed by atoms with van der Waals surface area (Å²) in [6.07, 6.45) is -0.388. The summed E-state index contributed by atoms with van der Waals surface area (Å²) in [6.45, 7) is -0.589. The molecule has 0 aliphatic heterocycles. The van der Waals surface area contributed by atoms with Gasteiger partial charge in [0.2, 0.25) is 0 Å². The number of nitrogens with two attached hydrogens (primary N) is 1. The molecule has 0 aliphatic rings. The van der Waals surface area contributed by atoms with Crippen molar-refractivity contribution in [2.45, 2.75) is 12.1 Å². The summed E-state index contributed by atoms with van der Waals surface area (Å²) in [5.41, 5.74) is 7.64. The SMILES string of the molecule is COC(c1ccc(N(C)C)cc1)C(N)CF. The van der Waals surface area contributed by atoms with E-state index in [9.17, 15) is 4.39 Å². The zero-order valence-electron chi connectivity index (χ0n) is 9.98. The molecule has 0 heterocycles. The molecular formula is C12H19FN2O. The molecule has 3 nitrogen and oxygen atoms in total. The lowest BCUT2D eigenvalue weighted by molar-refractivity contribution is 0.0721. The monoisotopic (exact) mass is 226 g/mol. The third-order valence-electron chi connectivity index (χ3n) is 2.56. The van der Waals surface area contributed by atoms with Crippen LogP contribution in [0.4, 0.5) is 10.1 Å². The van der Waals surface area contributed by atoms with E-state index in [1.54, 1.807) is 7.11 Å². The minimum absolute atomic E-state index is 0.388. The summed E-state index contributed by atoms with van der Waals surface area (Å²) in [6, 6.07) is 7.15. The first kappa shape index (κ1) is 12.9. The lowest BCUT2D eigenvalue weighted by Gasteiger charge is -2.21. The van der Waals surface area contributed by atoms with E-state index in [0.29, 0.717) is 0 Å². The van der Waals surface area contributed by atoms with E-state index in [2.05, 4.69) is 0 Å². The smallest absolute Gasteiger partial charge is 0.107 e. The van der Waals surface area contributed by atoms with E-state index in [1.807, 2.05) is 43.3 Å². The second-order valence-corrected chi connectivity index (χ2v) is 3.96. The van der Waals surface area contributed by atoms with E-state index in [0.717, 1.165) is 11.3 Å². The molecule has 4 heteroatoms. The Hall–Kier alpha value is -1.13. The first-order chi connectivity index (χ1) is 7.60. The van der Waals surface area contributed by atoms with Gasteiger partial charge in [-0.1, -0.05) is 12.1 Å². The van der Waals surface area contributed by atoms with Crippen LogP contribution in [0.3, 0.4) is 0 Å². The van der Waals surface area contributed by atoms with Gasteiger partial charge >= 0.3 is 0 Å². The highest BCUT2D eigenvalue weighted by molar-refractivity contribution is 5.46. The molecular weight excluding hydrogens is 207 g/mol. The summed E-state index contributed by atoms with van der Waals surface area (Å²) >= 11 is 0. The first-order valence-electron chi connectivity index (χ1n) is 5.21. The molecule has 0 saturated heterocycles. The highest BCUT2D eigenvalue weighted by atomic mass is 19.1. The molecule has 90 valence electrons. The van der Waals surface area contributed by atoms with Crippen LogP contribution in [0, 0.1) is 0 Å². The van der Waals surface area contributed by atoms with Gasteiger partial charge in [-0.05, 0) is 17.7 Å². The Balaban J connectivity index is 2.86. The normalized spacial score (nSPS) is 14.6. The predicted molar refractivity (Wildman–Crippen MR) is 64.5 cm³/mol. The molecule has 2 N–H and O–H groups in total. The number of alkyl halides is 1. The second-order valence-electron chi connectivity index (χ2n) is 3.96. The van der Waals surface area contributed by atoms with Crippen molar-refractivity contribution < 1.29 is 9.13 Å². The quantitative estimate of drug-likeness (QED) is 0.831. The van der Waals surface area contributed by atoms with Gasteiger partial charge in [0.25, 0.3) is 0 Å². The number of rotatable bonds is 5. The van der Waals surface area contributed by atoms with Crippen molar-refractivity contribution in [1.29, 1.82) is 0 Å². The van der Waals surface area contributed by atoms with Crippen molar-refractivity contribution in [2.24, 2.45) is 5.73 Å². The summed E-state index contributed by atoms with van der Waals surface area (Å²) in [7, 11) is 5.48. The Labute approximate surface area is 96.0 Å². The Kier molecular flexibility index (Phi) is 4.71. The Morgan fingerprint density at radius 3 is 2.25 bits per heavy atom. The van der Waals surface area contributed by atoms with Gasteiger partial charge < -0.3 is 15.4 Å². The molecule has 1 aromatic carbocycles. The fourth-order valence-electron chi connectivity index (χ4n) is 1.60. The third kappa shape index (κ3) is 2.93. The Morgan fingerprint density at radius 1 is 1.31 bits per heavy atom. The molecule has 0 spiro atoms. The standard InChI is InChI=1S/C12H19FN2O/c1-15(2)10-6-4-9(5-7-10)12(16-3)11(14)8-13/h4-7,11-12H,8,14H2,1-3H3. The Bertz CT molecular complexity index is 313. The maximum absolute atomic E-state index is 12.5. The first-order valence-corrected chi connectivity index (χ1v) is 5.21. The fraction of sp³-hybridized carbons (Fsp3) is 0.500. The van der Waals surface area contributed by atoms with Crippen LogP contribution in [0.5, 0.6) is 0 Å². The van der Waals surface area contributed by atoms with Crippen LogP contribution >= 0.6 is 0 Å². The number of nitrogens with zero attached hydrogens (tertiary/aromatic N) is 1. The van der Waals surface area contributed by atoms with Gasteiger partial charge in [0.05, 0.1) is 12.1 Å².